The Morgan fingerprint density at radius 3 is 2.65 bits per heavy atom. The highest BCUT2D eigenvalue weighted by molar-refractivity contribution is 6.11. The van der Waals surface area contributed by atoms with Gasteiger partial charge in [0.25, 0.3) is 5.91 Å². The number of anilines is 1. The second-order valence-electron chi connectivity index (χ2n) is 6.84. The Morgan fingerprint density at radius 1 is 1.35 bits per heavy atom. The van der Waals surface area contributed by atoms with Crippen molar-refractivity contribution in [2.24, 2.45) is 5.92 Å². The molecule has 1 saturated heterocycles. The number of nitrogens with zero attached hydrogens (tertiary/aromatic N) is 1. The van der Waals surface area contributed by atoms with Crippen molar-refractivity contribution in [1.82, 2.24) is 10.2 Å². The number of rotatable bonds is 5. The Balaban J connectivity index is 1.74. The van der Waals surface area contributed by atoms with E-state index in [1.807, 2.05) is 0 Å². The number of methoxy groups -OCH3 is 1. The first-order chi connectivity index (χ1) is 12.3. The number of carbonyl (C=O) groups excluding carboxylic acids is 4. The number of carbonyl (C=O) groups is 4. The predicted molar refractivity (Wildman–Crippen MR) is 92.5 cm³/mol. The molecule has 2 aliphatic rings. The molecule has 138 valence electrons. The fourth-order valence-electron chi connectivity index (χ4n) is 3.27. The number of nitrogens with one attached hydrogen (secondary N) is 2. The van der Waals surface area contributed by atoms with Crippen molar-refractivity contribution in [1.29, 1.82) is 0 Å². The van der Waals surface area contributed by atoms with Crippen molar-refractivity contribution in [3.05, 3.63) is 29.3 Å². The predicted octanol–water partition coefficient (Wildman–Crippen LogP) is 1.44. The van der Waals surface area contributed by atoms with E-state index in [-0.39, 0.29) is 17.2 Å². The maximum atomic E-state index is 12.6. The van der Waals surface area contributed by atoms with Crippen LogP contribution in [0.3, 0.4) is 0 Å². The van der Waals surface area contributed by atoms with Crippen LogP contribution in [0.15, 0.2) is 18.2 Å². The summed E-state index contributed by atoms with van der Waals surface area (Å²) in [5, 5.41) is 5.29. The second-order valence-corrected chi connectivity index (χ2v) is 6.84. The van der Waals surface area contributed by atoms with Gasteiger partial charge in [0, 0.05) is 0 Å². The maximum Gasteiger partial charge on any atom is 0.340 e. The van der Waals surface area contributed by atoms with Crippen LogP contribution in [0, 0.1) is 12.8 Å². The standard InChI is InChI=1S/C18H21N3O5/c1-10-5-4-6-12(14(10)15(23)26-3)19-13(22)9-21-16(24)18(2,11-7-8-11)20-17(21)25/h4-6,11H,7-9H2,1-3H3,(H,19,22)(H,20,25)/t18-/m1/s1. The monoisotopic (exact) mass is 359 g/mol. The third kappa shape index (κ3) is 3.02. The average Bonchev–Trinajstić information content (AvgIpc) is 3.41. The number of benzene rings is 1. The van der Waals surface area contributed by atoms with Gasteiger partial charge < -0.3 is 15.4 Å². The van der Waals surface area contributed by atoms with Crippen LogP contribution in [0.25, 0.3) is 0 Å². The van der Waals surface area contributed by atoms with Crippen molar-refractivity contribution in [3.8, 4) is 0 Å². The molecule has 1 aromatic carbocycles. The van der Waals surface area contributed by atoms with Gasteiger partial charge in [-0.05, 0) is 44.2 Å². The SMILES string of the molecule is COC(=O)c1c(C)cccc1NC(=O)CN1C(=O)N[C@](C)(C2CC2)C1=O. The topological polar surface area (TPSA) is 105 Å². The van der Waals surface area contributed by atoms with Crippen LogP contribution in [0.1, 0.15) is 35.7 Å². The lowest BCUT2D eigenvalue weighted by molar-refractivity contribution is -0.134. The van der Waals surface area contributed by atoms with E-state index in [2.05, 4.69) is 10.6 Å². The van der Waals surface area contributed by atoms with Gasteiger partial charge >= 0.3 is 12.0 Å². The number of ether oxygens (including phenoxy) is 1. The van der Waals surface area contributed by atoms with Crippen LogP contribution >= 0.6 is 0 Å². The summed E-state index contributed by atoms with van der Waals surface area (Å²) in [4.78, 5) is 50.0. The highest BCUT2D eigenvalue weighted by atomic mass is 16.5. The molecule has 8 nitrogen and oxygen atoms in total. The molecule has 2 fully saturated rings. The van der Waals surface area contributed by atoms with E-state index in [9.17, 15) is 19.2 Å². The van der Waals surface area contributed by atoms with E-state index in [4.69, 9.17) is 4.74 Å². The van der Waals surface area contributed by atoms with Crippen LogP contribution < -0.4 is 10.6 Å². The molecule has 26 heavy (non-hydrogen) atoms. The lowest BCUT2D eigenvalue weighted by Crippen LogP contribution is -2.46. The van der Waals surface area contributed by atoms with Gasteiger partial charge in [-0.15, -0.1) is 0 Å². The number of hydrogen-bond donors (Lipinski definition) is 2. The summed E-state index contributed by atoms with van der Waals surface area (Å²) in [6, 6.07) is 4.41. The van der Waals surface area contributed by atoms with Gasteiger partial charge in [-0.1, -0.05) is 12.1 Å². The van der Waals surface area contributed by atoms with Gasteiger partial charge in [0.15, 0.2) is 0 Å². The van der Waals surface area contributed by atoms with Crippen molar-refractivity contribution >= 4 is 29.5 Å². The third-order valence-corrected chi connectivity index (χ3v) is 4.93. The third-order valence-electron chi connectivity index (χ3n) is 4.93. The molecule has 1 heterocycles. The molecule has 1 atom stereocenters. The molecule has 0 unspecified atom stereocenters. The zero-order valence-electron chi connectivity index (χ0n) is 14.9. The van der Waals surface area contributed by atoms with Crippen LogP contribution in [-0.4, -0.2) is 47.9 Å². The second kappa shape index (κ2) is 6.44. The Labute approximate surface area is 150 Å². The zero-order valence-corrected chi connectivity index (χ0v) is 14.9. The molecule has 3 rings (SSSR count). The van der Waals surface area contributed by atoms with E-state index < -0.39 is 35.9 Å². The van der Waals surface area contributed by atoms with Gasteiger partial charge in [-0.2, -0.15) is 0 Å². The van der Waals surface area contributed by atoms with E-state index in [1.165, 1.54) is 7.11 Å². The van der Waals surface area contributed by atoms with E-state index in [1.54, 1.807) is 32.0 Å². The fourth-order valence-corrected chi connectivity index (χ4v) is 3.27. The highest BCUT2D eigenvalue weighted by Gasteiger charge is 2.56. The molecule has 0 aromatic heterocycles. The number of hydrogen-bond acceptors (Lipinski definition) is 5. The maximum absolute atomic E-state index is 12.6. The summed E-state index contributed by atoms with van der Waals surface area (Å²) >= 11 is 0. The Hall–Kier alpha value is -2.90. The van der Waals surface area contributed by atoms with Crippen LogP contribution in [0.2, 0.25) is 0 Å². The molecular formula is C18H21N3O5. The highest BCUT2D eigenvalue weighted by Crippen LogP contribution is 2.42. The van der Waals surface area contributed by atoms with Crippen LogP contribution in [0.5, 0.6) is 0 Å². The van der Waals surface area contributed by atoms with Crippen molar-refractivity contribution < 1.29 is 23.9 Å². The first-order valence-corrected chi connectivity index (χ1v) is 8.40. The Morgan fingerprint density at radius 2 is 2.04 bits per heavy atom. The van der Waals surface area contributed by atoms with Crippen LogP contribution in [0.4, 0.5) is 10.5 Å². The number of amides is 4. The lowest BCUT2D eigenvalue weighted by Gasteiger charge is -2.21. The first-order valence-electron chi connectivity index (χ1n) is 8.40. The molecule has 4 amide bonds. The number of imide groups is 1. The Kier molecular flexibility index (Phi) is 4.43. The molecule has 1 aliphatic carbocycles. The minimum atomic E-state index is -0.933. The molecule has 1 aliphatic heterocycles. The minimum absolute atomic E-state index is 0.120. The van der Waals surface area contributed by atoms with Crippen LogP contribution in [-0.2, 0) is 14.3 Å². The summed E-state index contributed by atoms with van der Waals surface area (Å²) in [5.74, 6) is -1.41. The zero-order chi connectivity index (χ0) is 19.1. The summed E-state index contributed by atoms with van der Waals surface area (Å²) in [5.41, 5.74) is 0.228. The first kappa shape index (κ1) is 17.9. The quantitative estimate of drug-likeness (QED) is 0.611. The molecule has 0 bridgehead atoms. The molecule has 8 heteroatoms. The average molecular weight is 359 g/mol. The fraction of sp³-hybridized carbons (Fsp3) is 0.444. The van der Waals surface area contributed by atoms with E-state index >= 15 is 0 Å². The molecule has 2 N–H and O–H groups in total. The molecule has 1 aromatic rings. The van der Waals surface area contributed by atoms with Crippen molar-refractivity contribution in [3.63, 3.8) is 0 Å². The summed E-state index contributed by atoms with van der Waals surface area (Å²) in [7, 11) is 1.26. The molecule has 0 spiro atoms. The van der Waals surface area contributed by atoms with Gasteiger partial charge in [0.1, 0.15) is 12.1 Å². The van der Waals surface area contributed by atoms with Crippen molar-refractivity contribution in [2.75, 3.05) is 19.0 Å². The summed E-state index contributed by atoms with van der Waals surface area (Å²) in [6.07, 6.45) is 1.77. The Bertz CT molecular complexity index is 802. The summed E-state index contributed by atoms with van der Waals surface area (Å²) < 4.78 is 4.75. The van der Waals surface area contributed by atoms with Gasteiger partial charge in [-0.3, -0.25) is 14.5 Å². The largest absolute Gasteiger partial charge is 0.465 e. The number of urea groups is 1. The normalized spacial score (nSPS) is 22.2. The van der Waals surface area contributed by atoms with E-state index in [0.29, 0.717) is 5.56 Å². The minimum Gasteiger partial charge on any atom is -0.465 e. The van der Waals surface area contributed by atoms with Crippen molar-refractivity contribution in [2.45, 2.75) is 32.2 Å². The number of aryl methyl sites for hydroxylation is 1. The van der Waals surface area contributed by atoms with Gasteiger partial charge in [0.05, 0.1) is 18.4 Å². The molecular weight excluding hydrogens is 338 g/mol. The van der Waals surface area contributed by atoms with Gasteiger partial charge in [0.2, 0.25) is 5.91 Å². The molecule has 0 radical (unpaired) electrons. The smallest absolute Gasteiger partial charge is 0.340 e. The van der Waals surface area contributed by atoms with Gasteiger partial charge in [-0.25, -0.2) is 9.59 Å². The summed E-state index contributed by atoms with van der Waals surface area (Å²) in [6.45, 7) is 3.00. The van der Waals surface area contributed by atoms with E-state index in [0.717, 1.165) is 17.7 Å². The molecule has 1 saturated carbocycles. The number of esters is 1. The lowest BCUT2D eigenvalue weighted by atomic mass is 9.96.